The van der Waals surface area contributed by atoms with Crippen molar-refractivity contribution in [3.8, 4) is 11.5 Å². The average Bonchev–Trinajstić information content (AvgIpc) is 2.78. The molecule has 0 N–H and O–H groups in total. The van der Waals surface area contributed by atoms with Crippen molar-refractivity contribution in [1.82, 2.24) is 0 Å². The predicted molar refractivity (Wildman–Crippen MR) is 118 cm³/mol. The zero-order valence-corrected chi connectivity index (χ0v) is 18.9. The molecule has 0 heterocycles. The lowest BCUT2D eigenvalue weighted by molar-refractivity contribution is 0.0455. The van der Waals surface area contributed by atoms with Crippen molar-refractivity contribution in [2.75, 3.05) is 13.2 Å². The minimum Gasteiger partial charge on any atom is -0.493 e. The molecule has 0 unspecified atom stereocenters. The topological polar surface area (TPSA) is 103 Å². The monoisotopic (exact) mass is 442 g/mol. The number of carbonyl (C=O) groups is 1. The van der Waals surface area contributed by atoms with Crippen molar-refractivity contribution in [3.63, 3.8) is 0 Å². The van der Waals surface area contributed by atoms with Crippen molar-refractivity contribution in [2.24, 2.45) is 32.6 Å². The van der Waals surface area contributed by atoms with Gasteiger partial charge in [-0.25, -0.2) is 0 Å². The summed E-state index contributed by atoms with van der Waals surface area (Å²) in [6.07, 6.45) is -1.13. The third-order valence-corrected chi connectivity index (χ3v) is 3.92. The summed E-state index contributed by atoms with van der Waals surface area (Å²) in [6.45, 7) is 9.84. The van der Waals surface area contributed by atoms with Gasteiger partial charge in [-0.05, 0) is 24.0 Å². The van der Waals surface area contributed by atoms with Crippen LogP contribution in [0.2, 0.25) is 0 Å². The Morgan fingerprint density at radius 3 is 1.53 bits per heavy atom. The largest absolute Gasteiger partial charge is 0.565 e. The van der Waals surface area contributed by atoms with E-state index in [1.807, 2.05) is 48.5 Å². The molecule has 172 valence electrons. The number of para-hydroxylation sites is 2. The van der Waals surface area contributed by atoms with E-state index >= 15 is 0 Å². The number of hydrogen-bond donors (Lipinski definition) is 0. The molecule has 2 aromatic carbocycles. The lowest BCUT2D eigenvalue weighted by atomic mass is 10.2. The van der Waals surface area contributed by atoms with Crippen LogP contribution in [0.1, 0.15) is 38.8 Å². The highest BCUT2D eigenvalue weighted by Crippen LogP contribution is 2.21. The lowest BCUT2D eigenvalue weighted by Crippen LogP contribution is -2.06. The van der Waals surface area contributed by atoms with Crippen LogP contribution in [-0.4, -0.2) is 19.4 Å². The van der Waals surface area contributed by atoms with Gasteiger partial charge in [0.1, 0.15) is 11.5 Å². The van der Waals surface area contributed by atoms with Crippen molar-refractivity contribution in [3.05, 3.63) is 59.7 Å². The van der Waals surface area contributed by atoms with E-state index in [0.29, 0.717) is 36.5 Å². The first-order valence-electron chi connectivity index (χ1n) is 10.5. The van der Waals surface area contributed by atoms with Gasteiger partial charge < -0.3 is 9.47 Å². The smallest absolute Gasteiger partial charge is 0.493 e. The van der Waals surface area contributed by atoms with Crippen LogP contribution in [0.3, 0.4) is 0 Å². The summed E-state index contributed by atoms with van der Waals surface area (Å²) in [5, 5.41) is 14.4. The molecule has 0 saturated carbocycles. The van der Waals surface area contributed by atoms with Crippen molar-refractivity contribution in [2.45, 2.75) is 40.8 Å². The van der Waals surface area contributed by atoms with Crippen LogP contribution in [0.25, 0.3) is 0 Å². The molecular formula is C23H30N4O5. The molecule has 0 aliphatic rings. The Kier molecular flexibility index (Phi) is 10.6. The summed E-state index contributed by atoms with van der Waals surface area (Å²) in [6, 6.07) is 14.9. The molecule has 0 fully saturated rings. The molecule has 0 aliphatic carbocycles. The van der Waals surface area contributed by atoms with Crippen LogP contribution in [0.4, 0.5) is 4.79 Å². The summed E-state index contributed by atoms with van der Waals surface area (Å²) < 4.78 is 11.5. The minimum absolute atomic E-state index is 0.191. The van der Waals surface area contributed by atoms with Crippen molar-refractivity contribution >= 4 is 6.16 Å². The van der Waals surface area contributed by atoms with E-state index in [0.717, 1.165) is 11.1 Å². The Morgan fingerprint density at radius 2 is 1.12 bits per heavy atom. The molecule has 0 aromatic heterocycles. The first-order valence-corrected chi connectivity index (χ1v) is 10.5. The summed E-state index contributed by atoms with van der Waals surface area (Å²) in [4.78, 5) is 20.6. The Morgan fingerprint density at radius 1 is 0.719 bits per heavy atom. The Hall–Kier alpha value is -3.49. The first-order chi connectivity index (χ1) is 15.5. The standard InChI is InChI=1S/C23H30N4O5/c1-17(2)15-29-21-11-7-5-9-19(21)13-24-26-31-23(28)32-27-25-14-20-10-6-8-12-22(20)30-16-18(3)4/h5-12,17-18H,13-16H2,1-4H3. The molecular weight excluding hydrogens is 412 g/mol. The third kappa shape index (κ3) is 9.55. The maximum atomic E-state index is 11.6. The average molecular weight is 443 g/mol. The number of ether oxygens (including phenoxy) is 2. The molecule has 2 aromatic rings. The van der Waals surface area contributed by atoms with Gasteiger partial charge in [-0.15, -0.1) is 10.2 Å². The van der Waals surface area contributed by atoms with Gasteiger partial charge in [0.2, 0.25) is 0 Å². The molecule has 0 saturated heterocycles. The fraction of sp³-hybridized carbons (Fsp3) is 0.435. The van der Waals surface area contributed by atoms with E-state index < -0.39 is 6.16 Å². The molecule has 32 heavy (non-hydrogen) atoms. The van der Waals surface area contributed by atoms with Crippen LogP contribution in [0.15, 0.2) is 69.3 Å². The van der Waals surface area contributed by atoms with E-state index in [1.165, 1.54) is 0 Å². The second-order valence-electron chi connectivity index (χ2n) is 7.82. The van der Waals surface area contributed by atoms with E-state index in [4.69, 9.17) is 9.47 Å². The number of rotatable bonds is 12. The van der Waals surface area contributed by atoms with Gasteiger partial charge in [-0.1, -0.05) is 64.1 Å². The van der Waals surface area contributed by atoms with Gasteiger partial charge in [0, 0.05) is 21.7 Å². The zero-order valence-electron chi connectivity index (χ0n) is 18.9. The summed E-state index contributed by atoms with van der Waals surface area (Å²) in [5.41, 5.74) is 1.65. The quantitative estimate of drug-likeness (QED) is 0.282. The first kappa shape index (κ1) is 24.8. The van der Waals surface area contributed by atoms with Crippen molar-refractivity contribution in [1.29, 1.82) is 0 Å². The maximum Gasteiger partial charge on any atom is 0.565 e. The highest BCUT2D eigenvalue weighted by molar-refractivity contribution is 5.58. The molecule has 0 radical (unpaired) electrons. The van der Waals surface area contributed by atoms with Gasteiger partial charge in [0.05, 0.1) is 26.3 Å². The van der Waals surface area contributed by atoms with E-state index in [1.54, 1.807) is 0 Å². The van der Waals surface area contributed by atoms with Gasteiger partial charge in [0.25, 0.3) is 0 Å². The molecule has 0 atom stereocenters. The van der Waals surface area contributed by atoms with Crippen LogP contribution in [-0.2, 0) is 22.8 Å². The third-order valence-electron chi connectivity index (χ3n) is 3.92. The Balaban J connectivity index is 1.75. The van der Waals surface area contributed by atoms with Gasteiger partial charge in [-0.3, -0.25) is 9.68 Å². The molecule has 0 spiro atoms. The summed E-state index contributed by atoms with van der Waals surface area (Å²) in [7, 11) is 0. The SMILES string of the molecule is CC(C)COc1ccccc1CN=NOC(=O)ON=NCc1ccccc1OCC(C)C. The van der Waals surface area contributed by atoms with Crippen LogP contribution < -0.4 is 9.47 Å². The second-order valence-corrected chi connectivity index (χ2v) is 7.82. The fourth-order valence-corrected chi connectivity index (χ4v) is 2.41. The van der Waals surface area contributed by atoms with Gasteiger partial charge >= 0.3 is 6.16 Å². The minimum atomic E-state index is -1.13. The summed E-state index contributed by atoms with van der Waals surface area (Å²) in [5.74, 6) is 2.24. The molecule has 0 aliphatic heterocycles. The van der Waals surface area contributed by atoms with Crippen molar-refractivity contribution < 1.29 is 23.9 Å². The lowest BCUT2D eigenvalue weighted by Gasteiger charge is -2.11. The Labute approximate surface area is 188 Å². The van der Waals surface area contributed by atoms with E-state index in [2.05, 4.69) is 58.2 Å². The molecule has 9 heteroatoms. The van der Waals surface area contributed by atoms with Crippen LogP contribution >= 0.6 is 0 Å². The maximum absolute atomic E-state index is 11.6. The fourth-order valence-electron chi connectivity index (χ4n) is 2.41. The van der Waals surface area contributed by atoms with Gasteiger partial charge in [0.15, 0.2) is 0 Å². The van der Waals surface area contributed by atoms with Gasteiger partial charge in [-0.2, -0.15) is 4.79 Å². The van der Waals surface area contributed by atoms with Crippen LogP contribution in [0, 0.1) is 11.8 Å². The highest BCUT2D eigenvalue weighted by Gasteiger charge is 2.07. The Bertz CT molecular complexity index is 828. The molecule has 9 nitrogen and oxygen atoms in total. The zero-order chi connectivity index (χ0) is 23.2. The second kappa shape index (κ2) is 13.7. The van der Waals surface area contributed by atoms with E-state index in [9.17, 15) is 4.79 Å². The molecule has 0 bridgehead atoms. The van der Waals surface area contributed by atoms with Crippen LogP contribution in [0.5, 0.6) is 11.5 Å². The number of hydrogen-bond acceptors (Lipinski definition) is 9. The number of nitrogens with zero attached hydrogens (tertiary/aromatic N) is 4. The number of carbonyl (C=O) groups excluding carboxylic acids is 1. The predicted octanol–water partition coefficient (Wildman–Crippen LogP) is 6.34. The normalized spacial score (nSPS) is 11.4. The molecule has 0 amide bonds. The summed E-state index contributed by atoms with van der Waals surface area (Å²) >= 11 is 0. The van der Waals surface area contributed by atoms with E-state index in [-0.39, 0.29) is 13.1 Å². The highest BCUT2D eigenvalue weighted by atomic mass is 16.9. The number of benzene rings is 2. The molecule has 2 rings (SSSR count).